The summed E-state index contributed by atoms with van der Waals surface area (Å²) in [6.07, 6.45) is -3.62. The molecule has 0 saturated heterocycles. The number of ether oxygens (including phenoxy) is 1. The Morgan fingerprint density at radius 2 is 2.06 bits per heavy atom. The number of hydrogen-bond acceptors (Lipinski definition) is 3. The van der Waals surface area contributed by atoms with Crippen LogP contribution in [0.5, 0.6) is 0 Å². The number of carbonyl (C=O) groups excluding carboxylic acids is 1. The quantitative estimate of drug-likeness (QED) is 0.864. The minimum atomic E-state index is -4.45. The molecule has 102 valence electrons. The van der Waals surface area contributed by atoms with Crippen molar-refractivity contribution in [3.63, 3.8) is 0 Å². The molecule has 0 aliphatic heterocycles. The van der Waals surface area contributed by atoms with E-state index in [0.717, 1.165) is 22.9 Å². The van der Waals surface area contributed by atoms with Crippen molar-refractivity contribution in [2.24, 2.45) is 0 Å². The van der Waals surface area contributed by atoms with Gasteiger partial charge in [0, 0.05) is 13.1 Å². The van der Waals surface area contributed by atoms with Crippen LogP contribution in [-0.2, 0) is 22.3 Å². The molecule has 4 nitrogen and oxygen atoms in total. The third kappa shape index (κ3) is 4.91. The largest absolute Gasteiger partial charge is 0.464 e. The number of carbonyl (C=O) groups is 1. The SMILES string of the molecule is Br.CC(=O)OCCn1cc(C(F)(F)F)ccc1=N. The van der Waals surface area contributed by atoms with E-state index in [-0.39, 0.29) is 35.6 Å². The number of hydrogen-bond donors (Lipinski definition) is 1. The van der Waals surface area contributed by atoms with Gasteiger partial charge in [-0.1, -0.05) is 0 Å². The Kier molecular flexibility index (Phi) is 6.10. The molecule has 0 spiro atoms. The molecule has 0 atom stereocenters. The Morgan fingerprint density at radius 1 is 1.44 bits per heavy atom. The van der Waals surface area contributed by atoms with Gasteiger partial charge in [-0.2, -0.15) is 13.2 Å². The van der Waals surface area contributed by atoms with Crippen molar-refractivity contribution in [3.05, 3.63) is 29.4 Å². The third-order valence-electron chi connectivity index (χ3n) is 1.99. The lowest BCUT2D eigenvalue weighted by molar-refractivity contribution is -0.142. The monoisotopic (exact) mass is 328 g/mol. The van der Waals surface area contributed by atoms with Crippen LogP contribution < -0.4 is 5.49 Å². The van der Waals surface area contributed by atoms with E-state index in [0.29, 0.717) is 0 Å². The molecule has 0 aliphatic carbocycles. The lowest BCUT2D eigenvalue weighted by Crippen LogP contribution is -2.24. The maximum atomic E-state index is 12.4. The number of aromatic nitrogens is 1. The second-order valence-electron chi connectivity index (χ2n) is 3.33. The van der Waals surface area contributed by atoms with Gasteiger partial charge in [0.05, 0.1) is 12.1 Å². The molecule has 0 radical (unpaired) electrons. The van der Waals surface area contributed by atoms with Crippen molar-refractivity contribution < 1.29 is 22.7 Å². The van der Waals surface area contributed by atoms with Gasteiger partial charge in [0.1, 0.15) is 12.1 Å². The van der Waals surface area contributed by atoms with E-state index in [1.54, 1.807) is 0 Å². The normalized spacial score (nSPS) is 10.7. The van der Waals surface area contributed by atoms with Gasteiger partial charge in [-0.25, -0.2) is 0 Å². The second-order valence-corrected chi connectivity index (χ2v) is 3.33. The number of nitrogens with one attached hydrogen (secondary N) is 1. The third-order valence-corrected chi connectivity index (χ3v) is 1.99. The van der Waals surface area contributed by atoms with Gasteiger partial charge in [-0.3, -0.25) is 10.2 Å². The lowest BCUT2D eigenvalue weighted by atomic mass is 10.3. The van der Waals surface area contributed by atoms with Gasteiger partial charge in [-0.05, 0) is 12.1 Å². The van der Waals surface area contributed by atoms with Crippen LogP contribution in [0.2, 0.25) is 0 Å². The van der Waals surface area contributed by atoms with Crippen molar-refractivity contribution in [2.75, 3.05) is 6.61 Å². The molecule has 0 fully saturated rings. The fourth-order valence-electron chi connectivity index (χ4n) is 1.19. The zero-order valence-corrected chi connectivity index (χ0v) is 11.2. The minimum absolute atomic E-state index is 0. The first kappa shape index (κ1) is 16.7. The zero-order valence-electron chi connectivity index (χ0n) is 9.45. The smallest absolute Gasteiger partial charge is 0.417 e. The molecule has 18 heavy (non-hydrogen) atoms. The van der Waals surface area contributed by atoms with Crippen LogP contribution in [0, 0.1) is 5.41 Å². The predicted molar refractivity (Wildman–Crippen MR) is 62.2 cm³/mol. The Labute approximate surface area is 112 Å². The topological polar surface area (TPSA) is 55.1 Å². The summed E-state index contributed by atoms with van der Waals surface area (Å²) in [4.78, 5) is 10.5. The van der Waals surface area contributed by atoms with Gasteiger partial charge in [-0.15, -0.1) is 17.0 Å². The summed E-state index contributed by atoms with van der Waals surface area (Å²) >= 11 is 0. The molecule has 1 aromatic rings. The van der Waals surface area contributed by atoms with Crippen molar-refractivity contribution in [3.8, 4) is 0 Å². The number of rotatable bonds is 3. The van der Waals surface area contributed by atoms with E-state index in [9.17, 15) is 18.0 Å². The fourth-order valence-corrected chi connectivity index (χ4v) is 1.19. The van der Waals surface area contributed by atoms with Crippen molar-refractivity contribution >= 4 is 23.0 Å². The summed E-state index contributed by atoms with van der Waals surface area (Å²) in [5.41, 5.74) is -0.915. The van der Waals surface area contributed by atoms with E-state index < -0.39 is 17.7 Å². The van der Waals surface area contributed by atoms with Gasteiger partial charge in [0.2, 0.25) is 0 Å². The standard InChI is InChI=1S/C10H11F3N2O2.BrH/c1-7(16)17-5-4-15-6-8(10(11,12)13)2-3-9(15)14;/h2-3,6,14H,4-5H2,1H3;1H. The van der Waals surface area contributed by atoms with Gasteiger partial charge < -0.3 is 9.30 Å². The minimum Gasteiger partial charge on any atom is -0.464 e. The van der Waals surface area contributed by atoms with Gasteiger partial charge in [0.15, 0.2) is 0 Å². The Balaban J connectivity index is 0.00000289. The van der Waals surface area contributed by atoms with Crippen LogP contribution in [0.4, 0.5) is 13.2 Å². The first-order valence-electron chi connectivity index (χ1n) is 4.76. The summed E-state index contributed by atoms with van der Waals surface area (Å²) in [6.45, 7) is 1.16. The molecule has 0 aliphatic rings. The molecule has 0 bridgehead atoms. The molecule has 0 unspecified atom stereocenters. The number of esters is 1. The van der Waals surface area contributed by atoms with Crippen LogP contribution in [0.15, 0.2) is 18.3 Å². The average Bonchev–Trinajstić information content (AvgIpc) is 2.18. The van der Waals surface area contributed by atoms with E-state index in [1.165, 1.54) is 6.92 Å². The van der Waals surface area contributed by atoms with Crippen molar-refractivity contribution in [2.45, 2.75) is 19.6 Å². The summed E-state index contributed by atoms with van der Waals surface area (Å²) in [7, 11) is 0. The molecular formula is C10H12BrF3N2O2. The molecule has 0 aromatic carbocycles. The van der Waals surface area contributed by atoms with Crippen LogP contribution in [-0.4, -0.2) is 17.1 Å². The highest BCUT2D eigenvalue weighted by Gasteiger charge is 2.30. The highest BCUT2D eigenvalue weighted by atomic mass is 79.9. The van der Waals surface area contributed by atoms with Crippen molar-refractivity contribution in [1.29, 1.82) is 5.41 Å². The Hall–Kier alpha value is -1.31. The molecule has 1 heterocycles. The van der Waals surface area contributed by atoms with E-state index in [1.807, 2.05) is 0 Å². The molecule has 0 amide bonds. The Bertz CT molecular complexity index is 471. The number of halogens is 4. The summed E-state index contributed by atoms with van der Waals surface area (Å²) in [5, 5.41) is 7.41. The average molecular weight is 329 g/mol. The highest BCUT2D eigenvalue weighted by Crippen LogP contribution is 2.27. The molecule has 8 heteroatoms. The lowest BCUT2D eigenvalue weighted by Gasteiger charge is -2.11. The predicted octanol–water partition coefficient (Wildman–Crippen LogP) is 2.13. The van der Waals surface area contributed by atoms with Gasteiger partial charge in [0.25, 0.3) is 0 Å². The van der Waals surface area contributed by atoms with Crippen LogP contribution in [0.1, 0.15) is 12.5 Å². The molecule has 1 rings (SSSR count). The highest BCUT2D eigenvalue weighted by molar-refractivity contribution is 8.93. The van der Waals surface area contributed by atoms with Crippen LogP contribution in [0.3, 0.4) is 0 Å². The summed E-state index contributed by atoms with van der Waals surface area (Å²) in [5.74, 6) is -0.510. The number of pyridine rings is 1. The summed E-state index contributed by atoms with van der Waals surface area (Å²) < 4.78 is 42.8. The maximum absolute atomic E-state index is 12.4. The zero-order chi connectivity index (χ0) is 13.1. The Morgan fingerprint density at radius 3 is 2.56 bits per heavy atom. The fraction of sp³-hybridized carbons (Fsp3) is 0.400. The molecule has 0 saturated carbocycles. The first-order chi connectivity index (χ1) is 7.80. The van der Waals surface area contributed by atoms with E-state index in [2.05, 4.69) is 4.74 Å². The molecule has 1 N–H and O–H groups in total. The van der Waals surface area contributed by atoms with Gasteiger partial charge >= 0.3 is 12.1 Å². The van der Waals surface area contributed by atoms with E-state index in [4.69, 9.17) is 5.41 Å². The molecular weight excluding hydrogens is 317 g/mol. The number of nitrogens with zero attached hydrogens (tertiary/aromatic N) is 1. The first-order valence-corrected chi connectivity index (χ1v) is 4.76. The maximum Gasteiger partial charge on any atom is 0.417 e. The molecule has 1 aromatic heterocycles. The van der Waals surface area contributed by atoms with Crippen LogP contribution >= 0.6 is 17.0 Å². The van der Waals surface area contributed by atoms with Crippen LogP contribution in [0.25, 0.3) is 0 Å². The second kappa shape index (κ2) is 6.58. The van der Waals surface area contributed by atoms with E-state index >= 15 is 0 Å². The number of alkyl halides is 3. The summed E-state index contributed by atoms with van der Waals surface area (Å²) in [6, 6.07) is 1.89. The van der Waals surface area contributed by atoms with Crippen molar-refractivity contribution in [1.82, 2.24) is 4.57 Å².